The molecule has 1 saturated heterocycles. The van der Waals surface area contributed by atoms with Crippen molar-refractivity contribution in [3.05, 3.63) is 53.6 Å². The molecule has 1 aliphatic rings. The highest BCUT2D eigenvalue weighted by Crippen LogP contribution is 2.31. The Balaban J connectivity index is 1.53. The lowest BCUT2D eigenvalue weighted by molar-refractivity contribution is -0.132. The van der Waals surface area contributed by atoms with Crippen LogP contribution in [-0.2, 0) is 18.3 Å². The summed E-state index contributed by atoms with van der Waals surface area (Å²) in [6, 6.07) is 5.98. The van der Waals surface area contributed by atoms with E-state index < -0.39 is 6.10 Å². The van der Waals surface area contributed by atoms with Crippen LogP contribution < -0.4 is 0 Å². The maximum atomic E-state index is 13.0. The number of hydrogen-bond donors (Lipinski definition) is 1. The van der Waals surface area contributed by atoms with Gasteiger partial charge in [-0.15, -0.1) is 0 Å². The summed E-state index contributed by atoms with van der Waals surface area (Å²) < 4.78 is 14.7. The molecule has 1 unspecified atom stereocenters. The second-order valence-corrected chi connectivity index (χ2v) is 6.41. The second kappa shape index (κ2) is 7.13. The van der Waals surface area contributed by atoms with E-state index in [4.69, 9.17) is 0 Å². The van der Waals surface area contributed by atoms with Gasteiger partial charge < -0.3 is 10.0 Å². The van der Waals surface area contributed by atoms with E-state index >= 15 is 0 Å². The number of aryl methyl sites for hydroxylation is 1. The Kier molecular flexibility index (Phi) is 4.94. The van der Waals surface area contributed by atoms with E-state index in [9.17, 15) is 14.3 Å². The van der Waals surface area contributed by atoms with Gasteiger partial charge in [0.15, 0.2) is 0 Å². The number of carbonyl (C=O) groups is 1. The van der Waals surface area contributed by atoms with E-state index in [-0.39, 0.29) is 17.6 Å². The molecule has 1 N–H and O–H groups in total. The molecular formula is C18H22FN3O2. The second-order valence-electron chi connectivity index (χ2n) is 6.41. The molecule has 5 nitrogen and oxygen atoms in total. The highest BCUT2D eigenvalue weighted by Gasteiger charge is 2.28. The van der Waals surface area contributed by atoms with Gasteiger partial charge in [-0.2, -0.15) is 5.10 Å². The third kappa shape index (κ3) is 3.82. The van der Waals surface area contributed by atoms with Gasteiger partial charge in [0.05, 0.1) is 18.7 Å². The molecule has 1 amide bonds. The fourth-order valence-corrected chi connectivity index (χ4v) is 3.25. The number of amides is 1. The number of aromatic nitrogens is 2. The molecule has 1 aromatic heterocycles. The number of aliphatic hydroxyl groups excluding tert-OH is 1. The molecule has 3 rings (SSSR count). The number of benzene rings is 1. The predicted molar refractivity (Wildman–Crippen MR) is 87.6 cm³/mol. The molecule has 128 valence electrons. The highest BCUT2D eigenvalue weighted by atomic mass is 19.1. The van der Waals surface area contributed by atoms with E-state index in [0.29, 0.717) is 19.5 Å². The van der Waals surface area contributed by atoms with Crippen LogP contribution in [0, 0.1) is 11.7 Å². The SMILES string of the molecule is Cn1cc(CC(=O)N2CCC(C(O)c3ccc(F)cc3)CC2)cn1. The third-order valence-corrected chi connectivity index (χ3v) is 4.66. The summed E-state index contributed by atoms with van der Waals surface area (Å²) in [5, 5.41) is 14.5. The zero-order chi connectivity index (χ0) is 17.1. The van der Waals surface area contributed by atoms with Crippen LogP contribution in [0.25, 0.3) is 0 Å². The molecule has 0 radical (unpaired) electrons. The Morgan fingerprint density at radius 3 is 2.58 bits per heavy atom. The van der Waals surface area contributed by atoms with Crippen LogP contribution in [0.5, 0.6) is 0 Å². The van der Waals surface area contributed by atoms with Gasteiger partial charge in [-0.1, -0.05) is 12.1 Å². The first-order valence-corrected chi connectivity index (χ1v) is 8.22. The summed E-state index contributed by atoms with van der Waals surface area (Å²) in [6.45, 7) is 1.28. The molecular weight excluding hydrogens is 309 g/mol. The van der Waals surface area contributed by atoms with Gasteiger partial charge in [0, 0.05) is 26.3 Å². The van der Waals surface area contributed by atoms with Crippen molar-refractivity contribution in [2.75, 3.05) is 13.1 Å². The van der Waals surface area contributed by atoms with Crippen LogP contribution in [0.3, 0.4) is 0 Å². The number of rotatable bonds is 4. The summed E-state index contributed by atoms with van der Waals surface area (Å²) in [4.78, 5) is 14.2. The first-order valence-electron chi connectivity index (χ1n) is 8.22. The van der Waals surface area contributed by atoms with E-state index in [1.54, 1.807) is 23.0 Å². The minimum atomic E-state index is -0.610. The molecule has 0 aliphatic carbocycles. The molecule has 1 atom stereocenters. The van der Waals surface area contributed by atoms with Crippen LogP contribution in [0.15, 0.2) is 36.7 Å². The lowest BCUT2D eigenvalue weighted by Gasteiger charge is -2.34. The lowest BCUT2D eigenvalue weighted by Crippen LogP contribution is -2.40. The Morgan fingerprint density at radius 2 is 2.00 bits per heavy atom. The van der Waals surface area contributed by atoms with E-state index in [0.717, 1.165) is 24.0 Å². The largest absolute Gasteiger partial charge is 0.388 e. The van der Waals surface area contributed by atoms with Crippen LogP contribution in [0.1, 0.15) is 30.1 Å². The standard InChI is InChI=1S/C18H22FN3O2/c1-21-12-13(11-20-21)10-17(23)22-8-6-15(7-9-22)18(24)14-2-4-16(19)5-3-14/h2-5,11-12,15,18,24H,6-10H2,1H3. The zero-order valence-corrected chi connectivity index (χ0v) is 13.7. The van der Waals surface area contributed by atoms with Crippen LogP contribution >= 0.6 is 0 Å². The predicted octanol–water partition coefficient (Wildman–Crippen LogP) is 2.07. The Hall–Kier alpha value is -2.21. The number of likely N-dealkylation sites (tertiary alicyclic amines) is 1. The molecule has 1 fully saturated rings. The van der Waals surface area contributed by atoms with Gasteiger partial charge >= 0.3 is 0 Å². The molecule has 6 heteroatoms. The lowest BCUT2D eigenvalue weighted by atomic mass is 9.87. The van der Waals surface area contributed by atoms with Gasteiger partial charge in [-0.05, 0) is 42.0 Å². The number of halogens is 1. The fraction of sp³-hybridized carbons (Fsp3) is 0.444. The molecule has 0 bridgehead atoms. The van der Waals surface area contributed by atoms with E-state index in [1.807, 2.05) is 18.1 Å². The number of piperidine rings is 1. The van der Waals surface area contributed by atoms with E-state index in [2.05, 4.69) is 5.10 Å². The Bertz CT molecular complexity index is 691. The highest BCUT2D eigenvalue weighted by molar-refractivity contribution is 5.78. The van der Waals surface area contributed by atoms with Crippen LogP contribution in [0.4, 0.5) is 4.39 Å². The van der Waals surface area contributed by atoms with Crippen molar-refractivity contribution < 1.29 is 14.3 Å². The quantitative estimate of drug-likeness (QED) is 0.933. The van der Waals surface area contributed by atoms with Crippen molar-refractivity contribution in [1.82, 2.24) is 14.7 Å². The Labute approximate surface area is 140 Å². The summed E-state index contributed by atoms with van der Waals surface area (Å²) in [6.07, 6.45) is 4.81. The van der Waals surface area contributed by atoms with Crippen molar-refractivity contribution in [2.45, 2.75) is 25.4 Å². The normalized spacial score (nSPS) is 17.0. The maximum Gasteiger partial charge on any atom is 0.227 e. The Morgan fingerprint density at radius 1 is 1.33 bits per heavy atom. The van der Waals surface area contributed by atoms with Crippen LogP contribution in [-0.4, -0.2) is 38.8 Å². The van der Waals surface area contributed by atoms with Crippen molar-refractivity contribution >= 4 is 5.91 Å². The molecule has 2 aromatic rings. The van der Waals surface area contributed by atoms with Gasteiger partial charge in [-0.3, -0.25) is 9.48 Å². The minimum Gasteiger partial charge on any atom is -0.388 e. The van der Waals surface area contributed by atoms with Crippen molar-refractivity contribution in [3.8, 4) is 0 Å². The number of nitrogens with zero attached hydrogens (tertiary/aromatic N) is 3. The van der Waals surface area contributed by atoms with Gasteiger partial charge in [0.2, 0.25) is 5.91 Å². The van der Waals surface area contributed by atoms with E-state index in [1.165, 1.54) is 12.1 Å². The van der Waals surface area contributed by atoms with Gasteiger partial charge in [-0.25, -0.2) is 4.39 Å². The molecule has 24 heavy (non-hydrogen) atoms. The number of aliphatic hydroxyl groups is 1. The summed E-state index contributed by atoms with van der Waals surface area (Å²) in [7, 11) is 1.83. The molecule has 0 saturated carbocycles. The number of hydrogen-bond acceptors (Lipinski definition) is 3. The van der Waals surface area contributed by atoms with Crippen molar-refractivity contribution in [3.63, 3.8) is 0 Å². The maximum absolute atomic E-state index is 13.0. The molecule has 1 aromatic carbocycles. The minimum absolute atomic E-state index is 0.0951. The van der Waals surface area contributed by atoms with Crippen molar-refractivity contribution in [1.29, 1.82) is 0 Å². The third-order valence-electron chi connectivity index (χ3n) is 4.66. The smallest absolute Gasteiger partial charge is 0.227 e. The first-order chi connectivity index (χ1) is 11.5. The van der Waals surface area contributed by atoms with Gasteiger partial charge in [0.1, 0.15) is 5.82 Å². The van der Waals surface area contributed by atoms with Crippen LogP contribution in [0.2, 0.25) is 0 Å². The summed E-state index contributed by atoms with van der Waals surface area (Å²) in [5.74, 6) is -0.114. The monoisotopic (exact) mass is 331 g/mol. The molecule has 0 spiro atoms. The average Bonchev–Trinajstić information content (AvgIpc) is 3.00. The molecule has 1 aliphatic heterocycles. The molecule has 2 heterocycles. The van der Waals surface area contributed by atoms with Crippen molar-refractivity contribution in [2.24, 2.45) is 13.0 Å². The number of carbonyl (C=O) groups excluding carboxylic acids is 1. The topological polar surface area (TPSA) is 58.4 Å². The van der Waals surface area contributed by atoms with Gasteiger partial charge in [0.25, 0.3) is 0 Å². The average molecular weight is 331 g/mol. The summed E-state index contributed by atoms with van der Waals surface area (Å²) in [5.41, 5.74) is 1.65. The summed E-state index contributed by atoms with van der Waals surface area (Å²) >= 11 is 0. The first kappa shape index (κ1) is 16.6. The fourth-order valence-electron chi connectivity index (χ4n) is 3.25. The zero-order valence-electron chi connectivity index (χ0n) is 13.7.